The number of amides is 2. The number of carbonyl (C=O) groups excluding carboxylic acids is 2. The van der Waals surface area contributed by atoms with Gasteiger partial charge in [-0.25, -0.2) is 0 Å². The lowest BCUT2D eigenvalue weighted by Gasteiger charge is -2.44. The molecule has 2 saturated heterocycles. The van der Waals surface area contributed by atoms with Crippen LogP contribution in [0.5, 0.6) is 0 Å². The van der Waals surface area contributed by atoms with Gasteiger partial charge in [0.15, 0.2) is 0 Å². The monoisotopic (exact) mass is 345 g/mol. The van der Waals surface area contributed by atoms with E-state index >= 15 is 0 Å². The van der Waals surface area contributed by atoms with E-state index in [1.165, 1.54) is 30.5 Å². The SMILES string of the molecule is CNC(=O)C1CC(=O)N(C2CN(Cc3c(C4CCC4)cnn3C)C2)C1. The van der Waals surface area contributed by atoms with Crippen LogP contribution in [0.1, 0.15) is 42.9 Å². The van der Waals surface area contributed by atoms with E-state index in [0.29, 0.717) is 18.9 Å². The Morgan fingerprint density at radius 1 is 1.32 bits per heavy atom. The lowest BCUT2D eigenvalue weighted by Crippen LogP contribution is -2.59. The summed E-state index contributed by atoms with van der Waals surface area (Å²) in [6.07, 6.45) is 6.28. The van der Waals surface area contributed by atoms with Crippen LogP contribution in [0.2, 0.25) is 0 Å². The summed E-state index contributed by atoms with van der Waals surface area (Å²) in [5.74, 6) is 0.601. The fourth-order valence-corrected chi connectivity index (χ4v) is 4.28. The van der Waals surface area contributed by atoms with E-state index in [9.17, 15) is 9.59 Å². The topological polar surface area (TPSA) is 70.5 Å². The predicted octanol–water partition coefficient (Wildman–Crippen LogP) is 0.466. The number of hydrogen-bond acceptors (Lipinski definition) is 4. The van der Waals surface area contributed by atoms with Crippen LogP contribution in [0.25, 0.3) is 0 Å². The van der Waals surface area contributed by atoms with Gasteiger partial charge >= 0.3 is 0 Å². The molecule has 3 fully saturated rings. The molecule has 1 aromatic heterocycles. The zero-order chi connectivity index (χ0) is 17.6. The summed E-state index contributed by atoms with van der Waals surface area (Å²) in [4.78, 5) is 28.3. The fourth-order valence-electron chi connectivity index (χ4n) is 4.28. The van der Waals surface area contributed by atoms with Gasteiger partial charge in [0.05, 0.1) is 23.9 Å². The highest BCUT2D eigenvalue weighted by atomic mass is 16.2. The van der Waals surface area contributed by atoms with Gasteiger partial charge in [0, 0.05) is 46.7 Å². The molecule has 4 rings (SSSR count). The highest BCUT2D eigenvalue weighted by Crippen LogP contribution is 2.38. The molecule has 1 aromatic rings. The zero-order valence-electron chi connectivity index (χ0n) is 15.1. The van der Waals surface area contributed by atoms with Crippen molar-refractivity contribution >= 4 is 11.8 Å². The van der Waals surface area contributed by atoms with Gasteiger partial charge in [-0.3, -0.25) is 19.2 Å². The first-order valence-electron chi connectivity index (χ1n) is 9.31. The van der Waals surface area contributed by atoms with E-state index in [-0.39, 0.29) is 23.8 Å². The minimum absolute atomic E-state index is 0.0212. The second-order valence-electron chi connectivity index (χ2n) is 7.71. The smallest absolute Gasteiger partial charge is 0.225 e. The molecule has 2 aliphatic heterocycles. The average molecular weight is 345 g/mol. The second kappa shape index (κ2) is 6.44. The maximum absolute atomic E-state index is 12.2. The van der Waals surface area contributed by atoms with Crippen LogP contribution < -0.4 is 5.32 Å². The number of aryl methyl sites for hydroxylation is 1. The van der Waals surface area contributed by atoms with Crippen LogP contribution in [0.3, 0.4) is 0 Å². The van der Waals surface area contributed by atoms with Crippen molar-refractivity contribution in [3.05, 3.63) is 17.5 Å². The summed E-state index contributed by atoms with van der Waals surface area (Å²) in [5, 5.41) is 7.12. The first kappa shape index (κ1) is 16.6. The molecule has 2 amide bonds. The molecule has 25 heavy (non-hydrogen) atoms. The summed E-state index contributed by atoms with van der Waals surface area (Å²) >= 11 is 0. The van der Waals surface area contributed by atoms with E-state index in [1.807, 2.05) is 22.8 Å². The van der Waals surface area contributed by atoms with Gasteiger partial charge in [-0.15, -0.1) is 0 Å². The van der Waals surface area contributed by atoms with E-state index in [1.54, 1.807) is 7.05 Å². The first-order valence-corrected chi connectivity index (χ1v) is 9.31. The first-order chi connectivity index (χ1) is 12.1. The number of rotatable bonds is 5. The standard InChI is InChI=1S/C18H27N5O2/c1-19-18(25)13-6-17(24)23(8-13)14-9-22(10-14)11-16-15(7-20-21(16)2)12-4-3-5-12/h7,12-14H,3-6,8-11H2,1-2H3,(H,19,25). The summed E-state index contributed by atoms with van der Waals surface area (Å²) in [7, 11) is 3.65. The predicted molar refractivity (Wildman–Crippen MR) is 92.8 cm³/mol. The lowest BCUT2D eigenvalue weighted by atomic mass is 9.80. The Morgan fingerprint density at radius 2 is 2.08 bits per heavy atom. The molecule has 3 heterocycles. The molecule has 7 nitrogen and oxygen atoms in total. The summed E-state index contributed by atoms with van der Waals surface area (Å²) in [6.45, 7) is 3.25. The molecule has 1 N–H and O–H groups in total. The zero-order valence-corrected chi connectivity index (χ0v) is 15.1. The van der Waals surface area contributed by atoms with Crippen molar-refractivity contribution in [1.82, 2.24) is 24.9 Å². The molecule has 0 spiro atoms. The molecule has 136 valence electrons. The average Bonchev–Trinajstić information content (AvgIpc) is 3.05. The summed E-state index contributed by atoms with van der Waals surface area (Å²) in [5.41, 5.74) is 2.73. The molecule has 1 aliphatic carbocycles. The van der Waals surface area contributed by atoms with Crippen LogP contribution in [-0.4, -0.2) is 64.1 Å². The van der Waals surface area contributed by atoms with Crippen molar-refractivity contribution in [3.63, 3.8) is 0 Å². The Morgan fingerprint density at radius 3 is 2.72 bits per heavy atom. The molecule has 0 radical (unpaired) electrons. The Labute approximate surface area is 148 Å². The second-order valence-corrected chi connectivity index (χ2v) is 7.71. The van der Waals surface area contributed by atoms with Gasteiger partial charge < -0.3 is 10.2 Å². The molecule has 1 saturated carbocycles. The van der Waals surface area contributed by atoms with Gasteiger partial charge in [-0.2, -0.15) is 5.10 Å². The molecular weight excluding hydrogens is 318 g/mol. The van der Waals surface area contributed by atoms with E-state index in [4.69, 9.17) is 0 Å². The third-order valence-electron chi connectivity index (χ3n) is 6.17. The molecule has 0 aromatic carbocycles. The maximum atomic E-state index is 12.2. The molecule has 1 atom stereocenters. The van der Waals surface area contributed by atoms with Crippen molar-refractivity contribution < 1.29 is 9.59 Å². The molecule has 1 unspecified atom stereocenters. The minimum atomic E-state index is -0.186. The number of likely N-dealkylation sites (tertiary alicyclic amines) is 2. The van der Waals surface area contributed by atoms with E-state index in [2.05, 4.69) is 15.3 Å². The van der Waals surface area contributed by atoms with Crippen LogP contribution in [0, 0.1) is 5.92 Å². The number of nitrogens with one attached hydrogen (secondary N) is 1. The van der Waals surface area contributed by atoms with Crippen molar-refractivity contribution in [2.24, 2.45) is 13.0 Å². The van der Waals surface area contributed by atoms with Gasteiger partial charge in [0.25, 0.3) is 0 Å². The van der Waals surface area contributed by atoms with Crippen LogP contribution in [-0.2, 0) is 23.2 Å². The van der Waals surface area contributed by atoms with Crippen LogP contribution in [0.4, 0.5) is 0 Å². The normalized spacial score (nSPS) is 25.1. The maximum Gasteiger partial charge on any atom is 0.225 e. The van der Waals surface area contributed by atoms with Gasteiger partial charge in [0.1, 0.15) is 0 Å². The number of carbonyl (C=O) groups is 2. The highest BCUT2D eigenvalue weighted by molar-refractivity contribution is 5.89. The van der Waals surface area contributed by atoms with Gasteiger partial charge in [0.2, 0.25) is 11.8 Å². The number of aromatic nitrogens is 2. The van der Waals surface area contributed by atoms with Crippen molar-refractivity contribution in [1.29, 1.82) is 0 Å². The molecular formula is C18H27N5O2. The van der Waals surface area contributed by atoms with E-state index in [0.717, 1.165) is 19.6 Å². The molecule has 3 aliphatic rings. The van der Waals surface area contributed by atoms with Crippen LogP contribution in [0.15, 0.2) is 6.20 Å². The Bertz CT molecular complexity index is 675. The number of hydrogen-bond donors (Lipinski definition) is 1. The van der Waals surface area contributed by atoms with E-state index < -0.39 is 0 Å². The fraction of sp³-hybridized carbons (Fsp3) is 0.722. The summed E-state index contributed by atoms with van der Waals surface area (Å²) in [6, 6.07) is 0.252. The Balaban J connectivity index is 1.33. The largest absolute Gasteiger partial charge is 0.359 e. The van der Waals surface area contributed by atoms with Gasteiger partial charge in [-0.1, -0.05) is 6.42 Å². The molecule has 7 heteroatoms. The highest BCUT2D eigenvalue weighted by Gasteiger charge is 2.42. The minimum Gasteiger partial charge on any atom is -0.359 e. The van der Waals surface area contributed by atoms with Crippen LogP contribution >= 0.6 is 0 Å². The van der Waals surface area contributed by atoms with Crippen molar-refractivity contribution in [2.45, 2.75) is 44.2 Å². The third kappa shape index (κ3) is 2.94. The lowest BCUT2D eigenvalue weighted by molar-refractivity contribution is -0.133. The summed E-state index contributed by atoms with van der Waals surface area (Å²) < 4.78 is 2.00. The molecule has 0 bridgehead atoms. The van der Waals surface area contributed by atoms with Gasteiger partial charge in [-0.05, 0) is 24.3 Å². The Kier molecular flexibility index (Phi) is 4.27. The van der Waals surface area contributed by atoms with Crippen molar-refractivity contribution in [3.8, 4) is 0 Å². The van der Waals surface area contributed by atoms with Crippen molar-refractivity contribution in [2.75, 3.05) is 26.7 Å². The Hall–Kier alpha value is -1.89. The third-order valence-corrected chi connectivity index (χ3v) is 6.17. The quantitative estimate of drug-likeness (QED) is 0.842. The number of nitrogens with zero attached hydrogens (tertiary/aromatic N) is 4.